The molecule has 9 heteroatoms. The van der Waals surface area contributed by atoms with Crippen LogP contribution in [-0.4, -0.2) is 47.1 Å². The monoisotopic (exact) mass is 678 g/mol. The number of carbonyl (C=O) groups excluding carboxylic acids is 2. The molecular weight excluding hydrogens is 629 g/mol. The Morgan fingerprint density at radius 1 is 0.605 bits per heavy atom. The summed E-state index contributed by atoms with van der Waals surface area (Å²) in [7, 11) is 0. The van der Waals surface area contributed by atoms with Gasteiger partial charge >= 0.3 is 19.5 Å². The minimum absolute atomic E-state index is 0. The molecule has 0 aromatic heterocycles. The summed E-state index contributed by atoms with van der Waals surface area (Å²) in [6, 6.07) is 0. The first-order valence-electron chi connectivity index (χ1n) is 14.4. The van der Waals surface area contributed by atoms with Gasteiger partial charge in [-0.05, 0) is 26.7 Å². The zero-order valence-corrected chi connectivity index (χ0v) is 30.1. The molecule has 2 atom stereocenters. The van der Waals surface area contributed by atoms with E-state index in [4.69, 9.17) is 0 Å². The molecule has 0 spiro atoms. The number of hydrogen-bond donors (Lipinski definition) is 0. The summed E-state index contributed by atoms with van der Waals surface area (Å²) in [5, 5.41) is 21.1. The minimum Gasteiger partial charge on any atom is -0.545 e. The SMILES string of the molecule is CCC1(C(=O)[O-])N=CC(C)=N1.CCC1(C(=O)[O-])N=CC(C)=N1.Cc1c(C)c(C)[c-](C)c1C.Cc1c(C)c(C)[c-](C)c1C.[Ru+4]. The van der Waals surface area contributed by atoms with Gasteiger partial charge in [0.15, 0.2) is 11.3 Å². The van der Waals surface area contributed by atoms with Crippen LogP contribution < -0.4 is 10.2 Å². The van der Waals surface area contributed by atoms with Crippen LogP contribution in [0, 0.1) is 69.2 Å². The molecule has 43 heavy (non-hydrogen) atoms. The summed E-state index contributed by atoms with van der Waals surface area (Å²) in [6.45, 7) is 28.9. The molecule has 2 aliphatic rings. The largest absolute Gasteiger partial charge is 4.00 e. The van der Waals surface area contributed by atoms with Crippen LogP contribution in [0.4, 0.5) is 0 Å². The van der Waals surface area contributed by atoms with Crippen molar-refractivity contribution in [2.75, 3.05) is 0 Å². The molecule has 4 rings (SSSR count). The van der Waals surface area contributed by atoms with Crippen molar-refractivity contribution in [1.29, 1.82) is 0 Å². The Kier molecular flexibility index (Phi) is 15.0. The topological polar surface area (TPSA) is 130 Å². The van der Waals surface area contributed by atoms with Crippen LogP contribution in [0.1, 0.15) is 96.2 Å². The third-order valence-electron chi connectivity index (χ3n) is 8.92. The van der Waals surface area contributed by atoms with Crippen molar-refractivity contribution in [3.63, 3.8) is 0 Å². The van der Waals surface area contributed by atoms with Gasteiger partial charge < -0.3 is 19.8 Å². The Labute approximate surface area is 271 Å². The van der Waals surface area contributed by atoms with Gasteiger partial charge in [0.1, 0.15) is 0 Å². The van der Waals surface area contributed by atoms with Crippen molar-refractivity contribution in [2.24, 2.45) is 20.0 Å². The molecule has 2 unspecified atom stereocenters. The molecular formula is C34H48N4O4Ru. The Hall–Kier alpha value is -3.06. The van der Waals surface area contributed by atoms with Gasteiger partial charge in [0.25, 0.3) is 0 Å². The van der Waals surface area contributed by atoms with E-state index in [2.05, 4.69) is 89.2 Å². The molecule has 0 aliphatic carbocycles. The maximum Gasteiger partial charge on any atom is 4.00 e. The van der Waals surface area contributed by atoms with Crippen LogP contribution in [0.15, 0.2) is 20.0 Å². The van der Waals surface area contributed by atoms with E-state index in [0.29, 0.717) is 24.3 Å². The normalized spacial score (nSPS) is 19.6. The molecule has 0 radical (unpaired) electrons. The maximum absolute atomic E-state index is 10.6. The second-order valence-electron chi connectivity index (χ2n) is 11.2. The van der Waals surface area contributed by atoms with Crippen LogP contribution >= 0.6 is 0 Å². The fourth-order valence-corrected chi connectivity index (χ4v) is 4.74. The van der Waals surface area contributed by atoms with E-state index < -0.39 is 23.3 Å². The van der Waals surface area contributed by atoms with Crippen molar-refractivity contribution >= 4 is 35.8 Å². The smallest absolute Gasteiger partial charge is 0.545 e. The van der Waals surface area contributed by atoms with E-state index in [9.17, 15) is 19.8 Å². The number of carbonyl (C=O) groups is 2. The minimum atomic E-state index is -1.33. The maximum atomic E-state index is 10.6. The Bertz CT molecular complexity index is 1170. The molecule has 2 aromatic rings. The Morgan fingerprint density at radius 2 is 0.837 bits per heavy atom. The molecule has 0 bridgehead atoms. The Morgan fingerprint density at radius 3 is 0.907 bits per heavy atom. The van der Waals surface area contributed by atoms with Crippen LogP contribution in [0.5, 0.6) is 0 Å². The van der Waals surface area contributed by atoms with Gasteiger partial charge in [-0.15, -0.1) is 0 Å². The van der Waals surface area contributed by atoms with Crippen molar-refractivity contribution in [1.82, 2.24) is 0 Å². The summed E-state index contributed by atoms with van der Waals surface area (Å²) < 4.78 is 0. The number of nitrogens with zero attached hydrogens (tertiary/aromatic N) is 4. The third-order valence-corrected chi connectivity index (χ3v) is 8.92. The molecule has 2 heterocycles. The van der Waals surface area contributed by atoms with Crippen LogP contribution in [-0.2, 0) is 29.1 Å². The number of aliphatic carboxylic acids is 2. The van der Waals surface area contributed by atoms with Gasteiger partial charge in [-0.1, -0.05) is 83.1 Å². The van der Waals surface area contributed by atoms with Crippen molar-refractivity contribution < 1.29 is 39.3 Å². The van der Waals surface area contributed by atoms with Crippen LogP contribution in [0.3, 0.4) is 0 Å². The number of carboxylic acid groups (broad SMARTS) is 2. The van der Waals surface area contributed by atoms with E-state index in [1.54, 1.807) is 27.7 Å². The molecule has 0 fully saturated rings. The average Bonchev–Trinajstić information content (AvgIpc) is 3.64. The zero-order valence-electron chi connectivity index (χ0n) is 28.3. The second-order valence-corrected chi connectivity index (χ2v) is 11.2. The standard InChI is InChI=1S/2C10H15.2C7H10N2O2.Ru/c2*1-6-7(2)9(4)10(5)8(6)3;2*1-3-7(6(10)11)8-4-5(2)9-7;/h2*1-5H3;2*4H,3H2,1-2H3,(H,10,11);/q2*-1;;;+4/p-2. The van der Waals surface area contributed by atoms with Gasteiger partial charge in [-0.25, -0.2) is 0 Å². The molecule has 2 aromatic carbocycles. The van der Waals surface area contributed by atoms with Gasteiger partial charge in [0.2, 0.25) is 0 Å². The molecule has 0 N–H and O–H groups in total. The first-order valence-corrected chi connectivity index (χ1v) is 14.4. The van der Waals surface area contributed by atoms with E-state index in [1.165, 1.54) is 68.1 Å². The predicted octanol–water partition coefficient (Wildman–Crippen LogP) is 4.67. The average molecular weight is 678 g/mol. The summed E-state index contributed by atoms with van der Waals surface area (Å²) in [5.41, 5.74) is 13.3. The summed E-state index contributed by atoms with van der Waals surface area (Å²) in [5.74, 6) is -2.46. The van der Waals surface area contributed by atoms with Gasteiger partial charge in [0.05, 0.1) is 23.4 Å². The van der Waals surface area contributed by atoms with Crippen LogP contribution in [0.2, 0.25) is 0 Å². The van der Waals surface area contributed by atoms with Gasteiger partial charge in [-0.2, -0.15) is 55.6 Å². The molecule has 0 saturated carbocycles. The zero-order chi connectivity index (χ0) is 32.7. The fourth-order valence-electron chi connectivity index (χ4n) is 4.74. The fraction of sp³-hybridized carbons (Fsp3) is 0.529. The van der Waals surface area contributed by atoms with Crippen molar-refractivity contribution in [3.8, 4) is 0 Å². The molecule has 0 saturated heterocycles. The number of carboxylic acids is 2. The third kappa shape index (κ3) is 8.98. The van der Waals surface area contributed by atoms with Crippen molar-refractivity contribution in [2.45, 2.75) is 121 Å². The molecule has 8 nitrogen and oxygen atoms in total. The Balaban J connectivity index is 0.000000543. The van der Waals surface area contributed by atoms with Gasteiger partial charge in [-0.3, -0.25) is 20.0 Å². The number of aliphatic imine (C=N–C) groups is 4. The summed E-state index contributed by atoms with van der Waals surface area (Å²) in [6.07, 6.45) is 3.59. The van der Waals surface area contributed by atoms with E-state index in [0.717, 1.165) is 0 Å². The second kappa shape index (κ2) is 16.1. The number of rotatable bonds is 4. The first kappa shape index (κ1) is 39.9. The molecule has 236 valence electrons. The van der Waals surface area contributed by atoms with Crippen LogP contribution in [0.25, 0.3) is 0 Å². The van der Waals surface area contributed by atoms with E-state index in [1.807, 2.05) is 0 Å². The summed E-state index contributed by atoms with van der Waals surface area (Å²) >= 11 is 0. The predicted molar refractivity (Wildman–Crippen MR) is 171 cm³/mol. The first-order chi connectivity index (χ1) is 19.3. The van der Waals surface area contributed by atoms with E-state index in [-0.39, 0.29) is 19.5 Å². The van der Waals surface area contributed by atoms with Crippen molar-refractivity contribution in [3.05, 3.63) is 55.6 Å². The quantitative estimate of drug-likeness (QED) is 0.344. The molecule has 0 amide bonds. The van der Waals surface area contributed by atoms with Gasteiger partial charge in [0, 0.05) is 12.4 Å². The van der Waals surface area contributed by atoms with E-state index >= 15 is 0 Å². The summed E-state index contributed by atoms with van der Waals surface area (Å²) in [4.78, 5) is 36.4. The number of hydrogen-bond acceptors (Lipinski definition) is 8. The molecule has 2 aliphatic heterocycles.